The lowest BCUT2D eigenvalue weighted by Gasteiger charge is -2.29. The number of nitrogens with zero attached hydrogens (tertiary/aromatic N) is 3. The zero-order chi connectivity index (χ0) is 19.7. The van der Waals surface area contributed by atoms with Gasteiger partial charge in [0.15, 0.2) is 5.75 Å². The number of aryl methyl sites for hydroxylation is 1. The highest BCUT2D eigenvalue weighted by Gasteiger charge is 2.36. The van der Waals surface area contributed by atoms with Crippen molar-refractivity contribution in [3.8, 4) is 17.5 Å². The number of hydrogen-bond acceptors (Lipinski definition) is 6. The van der Waals surface area contributed by atoms with E-state index in [-0.39, 0.29) is 11.5 Å². The predicted octanol–water partition coefficient (Wildman–Crippen LogP) is 3.58. The summed E-state index contributed by atoms with van der Waals surface area (Å²) in [5.74, 6) is 2.06. The maximum absolute atomic E-state index is 5.66. The maximum Gasteiger partial charge on any atom is 0.257 e. The second kappa shape index (κ2) is 7.59. The van der Waals surface area contributed by atoms with E-state index in [0.717, 1.165) is 43.1 Å². The largest absolute Gasteiger partial charge is 0.484 e. The summed E-state index contributed by atoms with van der Waals surface area (Å²) in [6.07, 6.45) is 2.18. The molecule has 0 amide bonds. The third kappa shape index (κ3) is 3.92. The fourth-order valence-electron chi connectivity index (χ4n) is 4.31. The van der Waals surface area contributed by atoms with Crippen molar-refractivity contribution in [3.63, 3.8) is 0 Å². The van der Waals surface area contributed by atoms with Crippen molar-refractivity contribution in [1.29, 1.82) is 0 Å². The van der Waals surface area contributed by atoms with E-state index < -0.39 is 0 Å². The lowest BCUT2D eigenvalue weighted by Crippen LogP contribution is -2.29. The van der Waals surface area contributed by atoms with Crippen molar-refractivity contribution in [2.24, 2.45) is 5.41 Å². The fraction of sp³-hybridized carbons (Fsp3) is 0.545. The third-order valence-electron chi connectivity index (χ3n) is 5.82. The molecule has 0 spiro atoms. The first-order chi connectivity index (χ1) is 13.5. The van der Waals surface area contributed by atoms with Gasteiger partial charge in [0.2, 0.25) is 5.88 Å². The van der Waals surface area contributed by atoms with Crippen LogP contribution >= 0.6 is 0 Å². The predicted molar refractivity (Wildman–Crippen MR) is 107 cm³/mol. The molecule has 1 fully saturated rings. The fourth-order valence-corrected chi connectivity index (χ4v) is 4.31. The molecule has 2 aliphatic heterocycles. The summed E-state index contributed by atoms with van der Waals surface area (Å²) in [6.45, 7) is 9.87. The minimum Gasteiger partial charge on any atom is -0.484 e. The molecule has 0 aromatic carbocycles. The molecule has 6 heteroatoms. The van der Waals surface area contributed by atoms with Crippen LogP contribution in [0.1, 0.15) is 43.3 Å². The molecule has 2 aromatic rings. The maximum atomic E-state index is 5.66. The van der Waals surface area contributed by atoms with Gasteiger partial charge in [0.05, 0.1) is 12.8 Å². The Kier molecular flexibility index (Phi) is 5.15. The van der Waals surface area contributed by atoms with E-state index in [4.69, 9.17) is 19.2 Å². The summed E-state index contributed by atoms with van der Waals surface area (Å²) in [5, 5.41) is 0. The summed E-state index contributed by atoms with van der Waals surface area (Å²) in [7, 11) is 1.67. The zero-order valence-electron chi connectivity index (χ0n) is 17.2. The van der Waals surface area contributed by atoms with Gasteiger partial charge in [-0.05, 0) is 62.4 Å². The average molecular weight is 383 g/mol. The van der Waals surface area contributed by atoms with Crippen LogP contribution in [0.25, 0.3) is 0 Å². The van der Waals surface area contributed by atoms with Gasteiger partial charge in [-0.3, -0.25) is 4.90 Å². The number of pyridine rings is 2. The summed E-state index contributed by atoms with van der Waals surface area (Å²) in [5.41, 5.74) is 3.55. The zero-order valence-corrected chi connectivity index (χ0v) is 17.2. The first-order valence-electron chi connectivity index (χ1n) is 9.98. The monoisotopic (exact) mass is 383 g/mol. The van der Waals surface area contributed by atoms with Crippen molar-refractivity contribution in [3.05, 3.63) is 41.2 Å². The highest BCUT2D eigenvalue weighted by Crippen LogP contribution is 2.39. The number of likely N-dealkylation sites (tertiary alicyclic amines) is 1. The van der Waals surface area contributed by atoms with E-state index in [0.29, 0.717) is 25.0 Å². The molecular weight excluding hydrogens is 354 g/mol. The second-order valence-corrected chi connectivity index (χ2v) is 8.28. The Morgan fingerprint density at radius 3 is 2.86 bits per heavy atom. The number of hydrogen-bond donors (Lipinski definition) is 0. The van der Waals surface area contributed by atoms with Gasteiger partial charge in [-0.2, -0.15) is 0 Å². The lowest BCUT2D eigenvalue weighted by atomic mass is 9.83. The van der Waals surface area contributed by atoms with Gasteiger partial charge in [-0.25, -0.2) is 9.97 Å². The SMILES string of the molecule is COc1cc(C[C@@]2(C)CCN([C@@H](C)c3ccc4c(n3)OCCO4)C2)cc(C)n1. The van der Waals surface area contributed by atoms with Crippen LogP contribution in [-0.4, -0.2) is 48.3 Å². The Morgan fingerprint density at radius 2 is 2.04 bits per heavy atom. The first kappa shape index (κ1) is 19.0. The van der Waals surface area contributed by atoms with Crippen LogP contribution < -0.4 is 14.2 Å². The molecule has 1 saturated heterocycles. The normalized spacial score (nSPS) is 22.9. The molecule has 0 bridgehead atoms. The highest BCUT2D eigenvalue weighted by atomic mass is 16.6. The molecule has 6 nitrogen and oxygen atoms in total. The molecule has 28 heavy (non-hydrogen) atoms. The smallest absolute Gasteiger partial charge is 0.257 e. The number of methoxy groups -OCH3 is 1. The Hall–Kier alpha value is -2.34. The van der Waals surface area contributed by atoms with Crippen molar-refractivity contribution in [1.82, 2.24) is 14.9 Å². The minimum atomic E-state index is 0.223. The molecule has 0 saturated carbocycles. The summed E-state index contributed by atoms with van der Waals surface area (Å²) in [4.78, 5) is 11.6. The lowest BCUT2D eigenvalue weighted by molar-refractivity contribution is 0.161. The standard InChI is InChI=1S/C22H29N3O3/c1-15-11-17(12-20(23-15)26-4)13-22(3)7-8-25(14-22)16(2)18-5-6-19-21(24-18)28-10-9-27-19/h5-6,11-12,16H,7-10,13-14H2,1-4H3/t16-,22+/m0/s1. The molecule has 4 heterocycles. The third-order valence-corrected chi connectivity index (χ3v) is 5.82. The number of fused-ring (bicyclic) bond motifs is 1. The number of rotatable bonds is 5. The van der Waals surface area contributed by atoms with E-state index in [1.807, 2.05) is 13.0 Å². The molecule has 0 unspecified atom stereocenters. The van der Waals surface area contributed by atoms with Gasteiger partial charge in [0.25, 0.3) is 5.88 Å². The molecule has 2 aromatic heterocycles. The van der Waals surface area contributed by atoms with Crippen molar-refractivity contribution < 1.29 is 14.2 Å². The van der Waals surface area contributed by atoms with E-state index in [1.54, 1.807) is 7.11 Å². The van der Waals surface area contributed by atoms with Gasteiger partial charge in [0, 0.05) is 24.3 Å². The van der Waals surface area contributed by atoms with E-state index in [1.165, 1.54) is 5.56 Å². The Labute approximate surface area is 166 Å². The Morgan fingerprint density at radius 1 is 1.21 bits per heavy atom. The van der Waals surface area contributed by atoms with Crippen LogP contribution in [0.5, 0.6) is 17.5 Å². The van der Waals surface area contributed by atoms with Crippen LogP contribution in [0.4, 0.5) is 0 Å². The molecular formula is C22H29N3O3. The number of aromatic nitrogens is 2. The van der Waals surface area contributed by atoms with Crippen LogP contribution in [0, 0.1) is 12.3 Å². The highest BCUT2D eigenvalue weighted by molar-refractivity contribution is 5.36. The van der Waals surface area contributed by atoms with Crippen LogP contribution in [0.15, 0.2) is 24.3 Å². The quantitative estimate of drug-likeness (QED) is 0.787. The van der Waals surface area contributed by atoms with Crippen molar-refractivity contribution in [2.45, 2.75) is 39.7 Å². The Bertz CT molecular complexity index is 857. The molecule has 2 aliphatic rings. The van der Waals surface area contributed by atoms with Crippen LogP contribution in [0.2, 0.25) is 0 Å². The van der Waals surface area contributed by atoms with E-state index in [2.05, 4.69) is 41.9 Å². The molecule has 0 N–H and O–H groups in total. The first-order valence-corrected chi connectivity index (χ1v) is 9.98. The van der Waals surface area contributed by atoms with Crippen molar-refractivity contribution >= 4 is 0 Å². The van der Waals surface area contributed by atoms with Gasteiger partial charge < -0.3 is 14.2 Å². The van der Waals surface area contributed by atoms with Gasteiger partial charge in [-0.15, -0.1) is 0 Å². The van der Waals surface area contributed by atoms with E-state index in [9.17, 15) is 0 Å². The summed E-state index contributed by atoms with van der Waals surface area (Å²) >= 11 is 0. The summed E-state index contributed by atoms with van der Waals surface area (Å²) < 4.78 is 16.6. The molecule has 4 rings (SSSR count). The van der Waals surface area contributed by atoms with Gasteiger partial charge in [0.1, 0.15) is 13.2 Å². The second-order valence-electron chi connectivity index (χ2n) is 8.28. The van der Waals surface area contributed by atoms with E-state index >= 15 is 0 Å². The topological polar surface area (TPSA) is 56.7 Å². The number of ether oxygens (including phenoxy) is 3. The molecule has 0 radical (unpaired) electrons. The average Bonchev–Trinajstić information content (AvgIpc) is 3.08. The Balaban J connectivity index is 1.46. The van der Waals surface area contributed by atoms with Gasteiger partial charge >= 0.3 is 0 Å². The molecule has 150 valence electrons. The molecule has 2 atom stereocenters. The van der Waals surface area contributed by atoms with Crippen molar-refractivity contribution in [2.75, 3.05) is 33.4 Å². The summed E-state index contributed by atoms with van der Waals surface area (Å²) in [6, 6.07) is 8.51. The van der Waals surface area contributed by atoms with Crippen LogP contribution in [-0.2, 0) is 6.42 Å². The van der Waals surface area contributed by atoms with Crippen LogP contribution in [0.3, 0.4) is 0 Å². The minimum absolute atomic E-state index is 0.223. The van der Waals surface area contributed by atoms with Gasteiger partial charge in [-0.1, -0.05) is 6.92 Å². The molecule has 0 aliphatic carbocycles.